The van der Waals surface area contributed by atoms with Gasteiger partial charge in [-0.05, 0) is 20.3 Å². The Balaban J connectivity index is 2.66. The smallest absolute Gasteiger partial charge is 0.245 e. The second-order valence-corrected chi connectivity index (χ2v) is 4.53. The van der Waals surface area contributed by atoms with Gasteiger partial charge in [0.15, 0.2) is 0 Å². The van der Waals surface area contributed by atoms with Crippen LogP contribution >= 0.6 is 11.3 Å². The number of amides is 1. The van der Waals surface area contributed by atoms with Crippen molar-refractivity contribution in [2.75, 3.05) is 5.32 Å². The lowest BCUT2D eigenvalue weighted by molar-refractivity contribution is -0.120. The Labute approximate surface area is 86.7 Å². The Morgan fingerprint density at radius 2 is 2.29 bits per heavy atom. The van der Waals surface area contributed by atoms with Crippen LogP contribution in [0.3, 0.4) is 0 Å². The van der Waals surface area contributed by atoms with E-state index in [-0.39, 0.29) is 5.91 Å². The Morgan fingerprint density at radius 3 is 2.71 bits per heavy atom. The fourth-order valence-corrected chi connectivity index (χ4v) is 1.33. The molecule has 6 heteroatoms. The van der Waals surface area contributed by atoms with Crippen LogP contribution in [0.25, 0.3) is 0 Å². The quantitative estimate of drug-likeness (QED) is 0.783. The molecule has 1 atom stereocenters. The molecule has 0 aliphatic carbocycles. The Kier molecular flexibility index (Phi) is 3.17. The lowest BCUT2D eigenvalue weighted by Gasteiger charge is -2.20. The first-order valence-corrected chi connectivity index (χ1v) is 5.18. The number of hydrogen-bond acceptors (Lipinski definition) is 5. The second-order valence-electron chi connectivity index (χ2n) is 3.35. The molecule has 78 valence electrons. The molecule has 0 fully saturated rings. The minimum absolute atomic E-state index is 0.226. The topological polar surface area (TPSA) is 80.9 Å². The molecule has 1 aromatic heterocycles. The summed E-state index contributed by atoms with van der Waals surface area (Å²) in [5, 5.41) is 11.5. The van der Waals surface area contributed by atoms with E-state index in [0.29, 0.717) is 11.6 Å². The van der Waals surface area contributed by atoms with Crippen LogP contribution in [0.1, 0.15) is 25.3 Å². The van der Waals surface area contributed by atoms with Crippen molar-refractivity contribution >= 4 is 22.4 Å². The van der Waals surface area contributed by atoms with Gasteiger partial charge in [0, 0.05) is 0 Å². The highest BCUT2D eigenvalue weighted by atomic mass is 32.1. The van der Waals surface area contributed by atoms with Crippen molar-refractivity contribution in [2.24, 2.45) is 5.73 Å². The molecule has 0 radical (unpaired) electrons. The van der Waals surface area contributed by atoms with E-state index in [0.717, 1.165) is 5.01 Å². The van der Waals surface area contributed by atoms with Crippen molar-refractivity contribution in [3.63, 3.8) is 0 Å². The number of nitrogens with one attached hydrogen (secondary N) is 1. The van der Waals surface area contributed by atoms with Crippen LogP contribution in [-0.2, 0) is 4.79 Å². The lowest BCUT2D eigenvalue weighted by Crippen LogP contribution is -2.47. The molecule has 1 unspecified atom stereocenters. The summed E-state index contributed by atoms with van der Waals surface area (Å²) in [6.07, 6.45) is 0.580. The molecule has 0 saturated heterocycles. The number of rotatable bonds is 3. The van der Waals surface area contributed by atoms with Gasteiger partial charge in [0.25, 0.3) is 0 Å². The number of nitrogens with zero attached hydrogens (tertiary/aromatic N) is 2. The second kappa shape index (κ2) is 4.02. The zero-order chi connectivity index (χ0) is 10.8. The van der Waals surface area contributed by atoms with Gasteiger partial charge in [0.2, 0.25) is 11.0 Å². The lowest BCUT2D eigenvalue weighted by atomic mass is 10.00. The molecule has 0 spiro atoms. The maximum atomic E-state index is 11.6. The average molecular weight is 214 g/mol. The third-order valence-corrected chi connectivity index (χ3v) is 2.75. The molecule has 1 heterocycles. The van der Waals surface area contributed by atoms with Gasteiger partial charge in [-0.25, -0.2) is 0 Å². The van der Waals surface area contributed by atoms with Gasteiger partial charge in [-0.3, -0.25) is 10.1 Å². The van der Waals surface area contributed by atoms with Gasteiger partial charge in [0.05, 0.1) is 5.54 Å². The van der Waals surface area contributed by atoms with Crippen molar-refractivity contribution in [1.82, 2.24) is 10.2 Å². The standard InChI is InChI=1S/C8H14N4OS/c1-4-8(3,9)6(13)10-7-12-11-5(2)14-7/h4,9H2,1-3H3,(H,10,12,13). The SMILES string of the molecule is CCC(C)(N)C(=O)Nc1nnc(C)s1. The van der Waals surface area contributed by atoms with E-state index >= 15 is 0 Å². The molecule has 0 aliphatic heterocycles. The number of carbonyl (C=O) groups excluding carboxylic acids is 1. The molecule has 1 rings (SSSR count). The van der Waals surface area contributed by atoms with Crippen molar-refractivity contribution in [3.05, 3.63) is 5.01 Å². The molecule has 1 aromatic rings. The number of aryl methyl sites for hydroxylation is 1. The molecule has 14 heavy (non-hydrogen) atoms. The number of hydrogen-bond donors (Lipinski definition) is 2. The van der Waals surface area contributed by atoms with E-state index in [2.05, 4.69) is 15.5 Å². The van der Waals surface area contributed by atoms with Gasteiger partial charge in [-0.15, -0.1) is 10.2 Å². The first kappa shape index (κ1) is 11.1. The molecule has 5 nitrogen and oxygen atoms in total. The van der Waals surface area contributed by atoms with Crippen LogP contribution in [0.2, 0.25) is 0 Å². The zero-order valence-electron chi connectivity index (χ0n) is 8.50. The van der Waals surface area contributed by atoms with E-state index in [1.165, 1.54) is 11.3 Å². The first-order valence-electron chi connectivity index (χ1n) is 4.36. The maximum absolute atomic E-state index is 11.6. The summed E-state index contributed by atoms with van der Waals surface area (Å²) in [5.74, 6) is -0.226. The van der Waals surface area contributed by atoms with E-state index in [9.17, 15) is 4.79 Å². The van der Waals surface area contributed by atoms with E-state index in [4.69, 9.17) is 5.73 Å². The summed E-state index contributed by atoms with van der Waals surface area (Å²) in [6, 6.07) is 0. The highest BCUT2D eigenvalue weighted by Crippen LogP contribution is 2.16. The highest BCUT2D eigenvalue weighted by molar-refractivity contribution is 7.15. The molecule has 0 aromatic carbocycles. The molecule has 0 saturated carbocycles. The van der Waals surface area contributed by atoms with Gasteiger partial charge < -0.3 is 5.73 Å². The molecular weight excluding hydrogens is 200 g/mol. The van der Waals surface area contributed by atoms with Gasteiger partial charge >= 0.3 is 0 Å². The Hall–Kier alpha value is -1.01. The van der Waals surface area contributed by atoms with Crippen molar-refractivity contribution in [2.45, 2.75) is 32.7 Å². The van der Waals surface area contributed by atoms with Crippen LogP contribution in [-0.4, -0.2) is 21.6 Å². The van der Waals surface area contributed by atoms with E-state index in [1.807, 2.05) is 13.8 Å². The number of carbonyl (C=O) groups is 1. The number of aromatic nitrogens is 2. The normalized spacial score (nSPS) is 14.9. The van der Waals surface area contributed by atoms with Gasteiger partial charge in [0.1, 0.15) is 5.01 Å². The van der Waals surface area contributed by atoms with Crippen molar-refractivity contribution in [3.8, 4) is 0 Å². The molecule has 3 N–H and O–H groups in total. The monoisotopic (exact) mass is 214 g/mol. The summed E-state index contributed by atoms with van der Waals surface area (Å²) in [4.78, 5) is 11.6. The van der Waals surface area contributed by atoms with Crippen LogP contribution < -0.4 is 11.1 Å². The third-order valence-electron chi connectivity index (χ3n) is 2.00. The van der Waals surface area contributed by atoms with Gasteiger partial charge in [-0.2, -0.15) is 0 Å². The molecule has 0 aliphatic rings. The fourth-order valence-electron chi connectivity index (χ4n) is 0.748. The summed E-state index contributed by atoms with van der Waals surface area (Å²) in [5.41, 5.74) is 4.91. The average Bonchev–Trinajstić information content (AvgIpc) is 2.51. The summed E-state index contributed by atoms with van der Waals surface area (Å²) >= 11 is 1.33. The molecular formula is C8H14N4OS. The van der Waals surface area contributed by atoms with Crippen molar-refractivity contribution in [1.29, 1.82) is 0 Å². The largest absolute Gasteiger partial charge is 0.318 e. The first-order chi connectivity index (χ1) is 6.45. The maximum Gasteiger partial charge on any atom is 0.245 e. The third kappa shape index (κ3) is 2.49. The summed E-state index contributed by atoms with van der Waals surface area (Å²) in [7, 11) is 0. The van der Waals surface area contributed by atoms with E-state index < -0.39 is 5.54 Å². The summed E-state index contributed by atoms with van der Waals surface area (Å²) in [6.45, 7) is 5.38. The fraction of sp³-hybridized carbons (Fsp3) is 0.625. The van der Waals surface area contributed by atoms with Crippen molar-refractivity contribution < 1.29 is 4.79 Å². The summed E-state index contributed by atoms with van der Waals surface area (Å²) < 4.78 is 0. The molecule has 0 bridgehead atoms. The van der Waals surface area contributed by atoms with Gasteiger partial charge in [-0.1, -0.05) is 18.3 Å². The number of anilines is 1. The predicted octanol–water partition coefficient (Wildman–Crippen LogP) is 0.912. The highest BCUT2D eigenvalue weighted by Gasteiger charge is 2.26. The number of nitrogens with two attached hydrogens (primary N) is 1. The van der Waals surface area contributed by atoms with Crippen LogP contribution in [0.15, 0.2) is 0 Å². The zero-order valence-corrected chi connectivity index (χ0v) is 9.31. The van der Waals surface area contributed by atoms with E-state index in [1.54, 1.807) is 6.92 Å². The Morgan fingerprint density at radius 1 is 1.64 bits per heavy atom. The molecule has 1 amide bonds. The minimum atomic E-state index is -0.848. The minimum Gasteiger partial charge on any atom is -0.318 e. The van der Waals surface area contributed by atoms with Crippen LogP contribution in [0.4, 0.5) is 5.13 Å². The predicted molar refractivity (Wildman–Crippen MR) is 56.2 cm³/mol. The van der Waals surface area contributed by atoms with Crippen LogP contribution in [0.5, 0.6) is 0 Å². The van der Waals surface area contributed by atoms with Crippen LogP contribution in [0, 0.1) is 6.92 Å². The Bertz CT molecular complexity index is 334.